The number of hydrazine groups is 1. The number of aromatic nitrogens is 2. The fourth-order valence-electron chi connectivity index (χ4n) is 1.74. The van der Waals surface area contributed by atoms with E-state index in [0.29, 0.717) is 0 Å². The number of nitrogens with zero attached hydrogens (tertiary/aromatic N) is 2. The van der Waals surface area contributed by atoms with Crippen LogP contribution in [0.1, 0.15) is 25.1 Å². The Morgan fingerprint density at radius 3 is 2.76 bits per heavy atom. The Balaban J connectivity index is 2.37. The van der Waals surface area contributed by atoms with E-state index in [2.05, 4.69) is 22.0 Å². The summed E-state index contributed by atoms with van der Waals surface area (Å²) in [6.07, 6.45) is 2.51. The third-order valence-corrected chi connectivity index (χ3v) is 2.58. The molecule has 0 aliphatic rings. The van der Waals surface area contributed by atoms with E-state index in [1.165, 1.54) is 0 Å². The third kappa shape index (κ3) is 2.67. The average molecular weight is 228 g/mol. The maximum atomic E-state index is 5.54. The summed E-state index contributed by atoms with van der Waals surface area (Å²) in [6.45, 7) is 5.86. The predicted molar refractivity (Wildman–Crippen MR) is 69.0 cm³/mol. The SMILES string of the molecule is C=C(C)CC(NN)c1cnc2ccccc2n1. The van der Waals surface area contributed by atoms with Gasteiger partial charge in [0.15, 0.2) is 0 Å². The summed E-state index contributed by atoms with van der Waals surface area (Å²) >= 11 is 0. The van der Waals surface area contributed by atoms with Crippen LogP contribution in [0.15, 0.2) is 42.6 Å². The molecule has 2 aromatic rings. The molecule has 0 saturated heterocycles. The highest BCUT2D eigenvalue weighted by Crippen LogP contribution is 2.19. The number of hydrogen-bond donors (Lipinski definition) is 2. The van der Waals surface area contributed by atoms with Gasteiger partial charge in [-0.05, 0) is 25.5 Å². The zero-order valence-corrected chi connectivity index (χ0v) is 9.85. The Morgan fingerprint density at radius 1 is 1.41 bits per heavy atom. The molecule has 0 saturated carbocycles. The minimum absolute atomic E-state index is 0.0374. The van der Waals surface area contributed by atoms with E-state index in [0.717, 1.165) is 28.7 Å². The van der Waals surface area contributed by atoms with Gasteiger partial charge >= 0.3 is 0 Å². The second-order valence-corrected chi connectivity index (χ2v) is 4.16. The monoisotopic (exact) mass is 228 g/mol. The molecule has 1 aromatic carbocycles. The lowest BCUT2D eigenvalue weighted by atomic mass is 10.1. The largest absolute Gasteiger partial charge is 0.271 e. The predicted octanol–water partition coefficient (Wildman–Crippen LogP) is 2.10. The first-order valence-corrected chi connectivity index (χ1v) is 5.53. The van der Waals surface area contributed by atoms with Crippen molar-refractivity contribution < 1.29 is 0 Å². The number of rotatable bonds is 4. The van der Waals surface area contributed by atoms with E-state index in [-0.39, 0.29) is 6.04 Å². The standard InChI is InChI=1S/C13H16N4/c1-9(2)7-12(17-14)13-8-15-10-5-3-4-6-11(10)16-13/h3-6,8,12,17H,1,7,14H2,2H3. The molecule has 0 aliphatic heterocycles. The van der Waals surface area contributed by atoms with Crippen molar-refractivity contribution in [2.75, 3.05) is 0 Å². The van der Waals surface area contributed by atoms with Crippen LogP contribution in [-0.2, 0) is 0 Å². The summed E-state index contributed by atoms with van der Waals surface area (Å²) in [5, 5.41) is 0. The lowest BCUT2D eigenvalue weighted by Gasteiger charge is -2.15. The molecule has 0 radical (unpaired) electrons. The fourth-order valence-corrected chi connectivity index (χ4v) is 1.74. The van der Waals surface area contributed by atoms with Crippen LogP contribution in [0.2, 0.25) is 0 Å². The van der Waals surface area contributed by atoms with Crippen molar-refractivity contribution in [1.29, 1.82) is 0 Å². The van der Waals surface area contributed by atoms with E-state index < -0.39 is 0 Å². The Kier molecular flexibility index (Phi) is 3.46. The van der Waals surface area contributed by atoms with Crippen molar-refractivity contribution in [3.05, 3.63) is 48.3 Å². The zero-order chi connectivity index (χ0) is 12.3. The summed E-state index contributed by atoms with van der Waals surface area (Å²) in [5.41, 5.74) is 6.42. The number of benzene rings is 1. The van der Waals surface area contributed by atoms with Gasteiger partial charge < -0.3 is 0 Å². The van der Waals surface area contributed by atoms with Gasteiger partial charge in [0.05, 0.1) is 29.0 Å². The molecule has 1 unspecified atom stereocenters. The minimum atomic E-state index is -0.0374. The van der Waals surface area contributed by atoms with Gasteiger partial charge in [0, 0.05) is 0 Å². The van der Waals surface area contributed by atoms with Crippen LogP contribution in [0.25, 0.3) is 11.0 Å². The van der Waals surface area contributed by atoms with Crippen molar-refractivity contribution in [3.8, 4) is 0 Å². The smallest absolute Gasteiger partial charge is 0.0890 e. The first-order chi connectivity index (χ1) is 8.20. The van der Waals surface area contributed by atoms with Crippen LogP contribution >= 0.6 is 0 Å². The van der Waals surface area contributed by atoms with Crippen molar-refractivity contribution in [1.82, 2.24) is 15.4 Å². The van der Waals surface area contributed by atoms with Crippen LogP contribution in [0, 0.1) is 0 Å². The first kappa shape index (κ1) is 11.7. The highest BCUT2D eigenvalue weighted by molar-refractivity contribution is 5.73. The normalized spacial score (nSPS) is 12.6. The van der Waals surface area contributed by atoms with E-state index in [9.17, 15) is 0 Å². The van der Waals surface area contributed by atoms with Gasteiger partial charge in [-0.25, -0.2) is 4.98 Å². The summed E-state index contributed by atoms with van der Waals surface area (Å²) in [6, 6.07) is 7.74. The molecular formula is C13H16N4. The molecule has 0 fully saturated rings. The average Bonchev–Trinajstić information content (AvgIpc) is 2.35. The Labute approximate surface area is 101 Å². The van der Waals surface area contributed by atoms with E-state index >= 15 is 0 Å². The van der Waals surface area contributed by atoms with Gasteiger partial charge in [-0.3, -0.25) is 16.3 Å². The topological polar surface area (TPSA) is 63.8 Å². The van der Waals surface area contributed by atoms with Gasteiger partial charge in [-0.2, -0.15) is 0 Å². The zero-order valence-electron chi connectivity index (χ0n) is 9.85. The Morgan fingerprint density at radius 2 is 2.12 bits per heavy atom. The number of fused-ring (bicyclic) bond motifs is 1. The van der Waals surface area contributed by atoms with Crippen molar-refractivity contribution in [2.24, 2.45) is 5.84 Å². The van der Waals surface area contributed by atoms with Crippen molar-refractivity contribution in [2.45, 2.75) is 19.4 Å². The molecule has 17 heavy (non-hydrogen) atoms. The Hall–Kier alpha value is -1.78. The molecule has 0 spiro atoms. The van der Waals surface area contributed by atoms with Gasteiger partial charge in [-0.15, -0.1) is 6.58 Å². The quantitative estimate of drug-likeness (QED) is 0.478. The molecule has 1 atom stereocenters. The molecule has 4 heteroatoms. The summed E-state index contributed by atoms with van der Waals surface area (Å²) in [5.74, 6) is 5.54. The highest BCUT2D eigenvalue weighted by Gasteiger charge is 2.12. The number of para-hydroxylation sites is 2. The molecule has 4 nitrogen and oxygen atoms in total. The lowest BCUT2D eigenvalue weighted by Crippen LogP contribution is -2.29. The molecule has 0 bridgehead atoms. The molecule has 88 valence electrons. The van der Waals surface area contributed by atoms with Crippen LogP contribution in [0.3, 0.4) is 0 Å². The molecule has 2 rings (SSSR count). The van der Waals surface area contributed by atoms with E-state index in [1.54, 1.807) is 6.20 Å². The molecule has 0 amide bonds. The van der Waals surface area contributed by atoms with Gasteiger partial charge in [-0.1, -0.05) is 17.7 Å². The molecule has 3 N–H and O–H groups in total. The number of nitrogens with one attached hydrogen (secondary N) is 1. The minimum Gasteiger partial charge on any atom is -0.271 e. The second-order valence-electron chi connectivity index (χ2n) is 4.16. The summed E-state index contributed by atoms with van der Waals surface area (Å²) < 4.78 is 0. The third-order valence-electron chi connectivity index (χ3n) is 2.58. The van der Waals surface area contributed by atoms with E-state index in [1.807, 2.05) is 31.2 Å². The Bertz CT molecular complexity index is 536. The molecule has 1 aromatic heterocycles. The van der Waals surface area contributed by atoms with Crippen LogP contribution < -0.4 is 11.3 Å². The molecular weight excluding hydrogens is 212 g/mol. The van der Waals surface area contributed by atoms with Crippen molar-refractivity contribution in [3.63, 3.8) is 0 Å². The number of hydrogen-bond acceptors (Lipinski definition) is 4. The van der Waals surface area contributed by atoms with Crippen LogP contribution in [0.4, 0.5) is 0 Å². The first-order valence-electron chi connectivity index (χ1n) is 5.53. The number of nitrogens with two attached hydrogens (primary N) is 1. The maximum absolute atomic E-state index is 5.54. The van der Waals surface area contributed by atoms with E-state index in [4.69, 9.17) is 5.84 Å². The maximum Gasteiger partial charge on any atom is 0.0890 e. The van der Waals surface area contributed by atoms with Gasteiger partial charge in [0.2, 0.25) is 0 Å². The second kappa shape index (κ2) is 5.03. The summed E-state index contributed by atoms with van der Waals surface area (Å²) in [4.78, 5) is 8.92. The van der Waals surface area contributed by atoms with Crippen molar-refractivity contribution >= 4 is 11.0 Å². The van der Waals surface area contributed by atoms with Gasteiger partial charge in [0.1, 0.15) is 0 Å². The fraction of sp³-hybridized carbons (Fsp3) is 0.231. The molecule has 0 aliphatic carbocycles. The molecule has 1 heterocycles. The summed E-state index contributed by atoms with van der Waals surface area (Å²) in [7, 11) is 0. The van der Waals surface area contributed by atoms with Crippen LogP contribution in [0.5, 0.6) is 0 Å². The van der Waals surface area contributed by atoms with Crippen LogP contribution in [-0.4, -0.2) is 9.97 Å². The highest BCUT2D eigenvalue weighted by atomic mass is 15.2. The van der Waals surface area contributed by atoms with Gasteiger partial charge in [0.25, 0.3) is 0 Å². The lowest BCUT2D eigenvalue weighted by molar-refractivity contribution is 0.537.